The fourth-order valence-corrected chi connectivity index (χ4v) is 8.04. The summed E-state index contributed by atoms with van der Waals surface area (Å²) in [5.74, 6) is 0. The lowest BCUT2D eigenvalue weighted by Gasteiger charge is -2.10. The standard InChI is InChI=1S/C21H22N.C20H20N.C19H18N/c1-15-10-11-19(16(2)12-15)21-13-17(3)20(14-22(21)4)18-8-6-5-7-9-18;1-15-9-11-19(16(2)13-15)20-12-10-18(14-21(20)3)17-7-5-4-6-8-17;1-15-8-6-7-11-18(15)19-14-17(12-13-20(19)2)16-9-4-3-5-10-16/h5-14H,1-4H3;4-14H,1-3H3;3-14H,1-2H3/q3*+1/i2*1D3;. The largest absolute Gasteiger partial charge is 0.213 e. The minimum absolute atomic E-state index is 0.382. The lowest BCUT2D eigenvalue weighted by Crippen LogP contribution is -2.31. The molecule has 3 heteroatoms. The summed E-state index contributed by atoms with van der Waals surface area (Å²) in [5.41, 5.74) is 19.2. The normalized spacial score (nSPS) is 12.4. The van der Waals surface area contributed by atoms with Gasteiger partial charge in [-0.1, -0.05) is 145 Å². The molecule has 0 saturated carbocycles. The molecular formula is C60H60N3+3. The lowest BCUT2D eigenvalue weighted by atomic mass is 9.97. The SMILES string of the molecule is Cc1ccccc1-c1cc(-c2ccccc2)cc[n+]1C.[2H]C([2H])([2H])c1ccc(-c2cc(C)c(-c3ccccc3)c[n+]2C)c(C)c1.[2H]C([2H])([2H])c1ccc(-c2ccc(-c3ccccc3)c[n+]2C)c(C)c1. The van der Waals surface area contributed by atoms with Crippen LogP contribution in [-0.2, 0) is 21.1 Å². The van der Waals surface area contributed by atoms with Gasteiger partial charge in [-0.2, -0.15) is 0 Å². The highest BCUT2D eigenvalue weighted by Gasteiger charge is 2.18. The van der Waals surface area contributed by atoms with Crippen molar-refractivity contribution < 1.29 is 21.9 Å². The molecule has 0 spiro atoms. The van der Waals surface area contributed by atoms with Crippen LogP contribution < -0.4 is 13.7 Å². The van der Waals surface area contributed by atoms with Crippen molar-refractivity contribution in [1.29, 1.82) is 0 Å². The van der Waals surface area contributed by atoms with E-state index in [4.69, 9.17) is 8.22 Å². The molecule has 0 aliphatic heterocycles. The van der Waals surface area contributed by atoms with E-state index in [1.807, 2.05) is 76.5 Å². The number of nitrogens with zero attached hydrogens (tertiary/aromatic N) is 3. The van der Waals surface area contributed by atoms with Crippen molar-refractivity contribution in [3.05, 3.63) is 234 Å². The first-order chi connectivity index (χ1) is 32.9. The van der Waals surface area contributed by atoms with E-state index in [0.717, 1.165) is 39.2 Å². The van der Waals surface area contributed by atoms with Crippen molar-refractivity contribution >= 4 is 0 Å². The molecule has 0 fully saturated rings. The van der Waals surface area contributed by atoms with E-state index in [1.165, 1.54) is 50.2 Å². The number of hydrogen-bond donors (Lipinski definition) is 0. The highest BCUT2D eigenvalue weighted by molar-refractivity contribution is 5.71. The summed E-state index contributed by atoms with van der Waals surface area (Å²) < 4.78 is 51.7. The van der Waals surface area contributed by atoms with E-state index in [9.17, 15) is 0 Å². The molecule has 3 heterocycles. The van der Waals surface area contributed by atoms with Crippen LogP contribution in [0.4, 0.5) is 0 Å². The Hall–Kier alpha value is -7.23. The molecule has 6 aromatic carbocycles. The second-order valence-electron chi connectivity index (χ2n) is 16.2. The molecule has 0 radical (unpaired) electrons. The number of aromatic nitrogens is 3. The smallest absolute Gasteiger partial charge is 0.201 e. The molecule has 0 amide bonds. The van der Waals surface area contributed by atoms with Gasteiger partial charge in [0, 0.05) is 60.3 Å². The van der Waals surface area contributed by atoms with E-state index in [0.29, 0.717) is 11.1 Å². The maximum atomic E-state index is 7.57. The maximum Gasteiger partial charge on any atom is 0.213 e. The Morgan fingerprint density at radius 3 is 1.35 bits per heavy atom. The van der Waals surface area contributed by atoms with Gasteiger partial charge < -0.3 is 0 Å². The zero-order valence-electron chi connectivity index (χ0n) is 43.4. The Morgan fingerprint density at radius 1 is 0.317 bits per heavy atom. The Bertz CT molecular complexity index is 3200. The highest BCUT2D eigenvalue weighted by atomic mass is 14.9. The topological polar surface area (TPSA) is 11.6 Å². The highest BCUT2D eigenvalue weighted by Crippen LogP contribution is 2.29. The molecule has 63 heavy (non-hydrogen) atoms. The average Bonchev–Trinajstić information content (AvgIpc) is 3.33. The van der Waals surface area contributed by atoms with Gasteiger partial charge in [-0.25, -0.2) is 13.7 Å². The number of rotatable bonds is 6. The Kier molecular flexibility index (Phi) is 11.6. The van der Waals surface area contributed by atoms with Crippen LogP contribution >= 0.6 is 0 Å². The predicted octanol–water partition coefficient (Wildman–Crippen LogP) is 13.4. The molecular weight excluding hydrogens is 763 g/mol. The maximum absolute atomic E-state index is 7.57. The van der Waals surface area contributed by atoms with Crippen molar-refractivity contribution in [2.24, 2.45) is 21.1 Å². The van der Waals surface area contributed by atoms with Gasteiger partial charge in [0.05, 0.1) is 0 Å². The van der Waals surface area contributed by atoms with Crippen molar-refractivity contribution in [3.63, 3.8) is 0 Å². The van der Waals surface area contributed by atoms with Crippen LogP contribution in [-0.4, -0.2) is 0 Å². The third kappa shape index (κ3) is 10.6. The summed E-state index contributed by atoms with van der Waals surface area (Å²) in [4.78, 5) is 0. The van der Waals surface area contributed by atoms with Gasteiger partial charge in [0.2, 0.25) is 17.1 Å². The summed E-state index contributed by atoms with van der Waals surface area (Å²) in [6.07, 6.45) is 6.36. The molecule has 0 N–H and O–H groups in total. The van der Waals surface area contributed by atoms with Gasteiger partial charge in [0.25, 0.3) is 0 Å². The van der Waals surface area contributed by atoms with Crippen LogP contribution in [0.15, 0.2) is 201 Å². The number of pyridine rings is 3. The van der Waals surface area contributed by atoms with Gasteiger partial charge >= 0.3 is 0 Å². The minimum atomic E-state index is -2.07. The van der Waals surface area contributed by atoms with Crippen molar-refractivity contribution in [1.82, 2.24) is 0 Å². The molecule has 0 saturated heterocycles. The Morgan fingerprint density at radius 2 is 0.794 bits per heavy atom. The minimum Gasteiger partial charge on any atom is -0.201 e. The zero-order chi connectivity index (χ0) is 49.5. The molecule has 0 bridgehead atoms. The Balaban J connectivity index is 0.000000154. The second kappa shape index (κ2) is 20.1. The second-order valence-corrected chi connectivity index (χ2v) is 16.2. The van der Waals surface area contributed by atoms with Crippen molar-refractivity contribution in [2.75, 3.05) is 0 Å². The first kappa shape index (κ1) is 36.4. The monoisotopic (exact) mass is 829 g/mol. The van der Waals surface area contributed by atoms with Crippen LogP contribution in [0.2, 0.25) is 0 Å². The van der Waals surface area contributed by atoms with E-state index >= 15 is 0 Å². The summed E-state index contributed by atoms with van der Waals surface area (Å²) in [6.45, 7) is 4.05. The predicted molar refractivity (Wildman–Crippen MR) is 264 cm³/mol. The molecule has 0 aliphatic rings. The number of benzene rings is 6. The van der Waals surface area contributed by atoms with Gasteiger partial charge in [-0.05, 0) is 110 Å². The van der Waals surface area contributed by atoms with Crippen molar-refractivity contribution in [3.8, 4) is 67.2 Å². The molecule has 3 nitrogen and oxygen atoms in total. The van der Waals surface area contributed by atoms with Crippen LogP contribution in [0.25, 0.3) is 67.2 Å². The number of hydrogen-bond acceptors (Lipinski definition) is 0. The van der Waals surface area contributed by atoms with Gasteiger partial charge in [0.15, 0.2) is 18.6 Å². The zero-order valence-corrected chi connectivity index (χ0v) is 37.4. The van der Waals surface area contributed by atoms with E-state index in [-0.39, 0.29) is 0 Å². The number of aryl methyl sites for hydroxylation is 9. The summed E-state index contributed by atoms with van der Waals surface area (Å²) in [7, 11) is 6.13. The molecule has 0 unspecified atom stereocenters. The fourth-order valence-electron chi connectivity index (χ4n) is 8.04. The van der Waals surface area contributed by atoms with E-state index < -0.39 is 13.7 Å². The summed E-state index contributed by atoms with van der Waals surface area (Å²) in [6, 6.07) is 61.1. The lowest BCUT2D eigenvalue weighted by molar-refractivity contribution is -0.660. The Labute approximate surface area is 384 Å². The molecule has 312 valence electrons. The summed E-state index contributed by atoms with van der Waals surface area (Å²) >= 11 is 0. The molecule has 9 rings (SSSR count). The van der Waals surface area contributed by atoms with Crippen LogP contribution in [0.3, 0.4) is 0 Å². The van der Waals surface area contributed by atoms with Crippen LogP contribution in [0, 0.1) is 41.4 Å². The third-order valence-electron chi connectivity index (χ3n) is 11.5. The van der Waals surface area contributed by atoms with E-state index in [1.54, 1.807) is 24.3 Å². The average molecular weight is 829 g/mol. The van der Waals surface area contributed by atoms with E-state index in [2.05, 4.69) is 162 Å². The van der Waals surface area contributed by atoms with Crippen LogP contribution in [0.1, 0.15) is 41.6 Å². The molecule has 0 aliphatic carbocycles. The summed E-state index contributed by atoms with van der Waals surface area (Å²) in [5, 5.41) is 0. The quantitative estimate of drug-likeness (QED) is 0.148. The fraction of sp³-hybridized carbons (Fsp3) is 0.150. The third-order valence-corrected chi connectivity index (χ3v) is 11.5. The first-order valence-electron chi connectivity index (χ1n) is 24.3. The van der Waals surface area contributed by atoms with Gasteiger partial charge in [-0.15, -0.1) is 0 Å². The van der Waals surface area contributed by atoms with Gasteiger partial charge in [-0.3, -0.25) is 0 Å². The van der Waals surface area contributed by atoms with Gasteiger partial charge in [0.1, 0.15) is 21.1 Å². The molecule has 3 aromatic heterocycles. The van der Waals surface area contributed by atoms with Crippen molar-refractivity contribution in [2.45, 2.75) is 41.4 Å². The first-order valence-corrected chi connectivity index (χ1v) is 21.3. The molecule has 0 atom stereocenters. The van der Waals surface area contributed by atoms with Crippen LogP contribution in [0.5, 0.6) is 0 Å². The molecule has 9 aromatic rings.